The summed E-state index contributed by atoms with van der Waals surface area (Å²) in [6.45, 7) is 6.00. The number of carbonyl (C=O) groups is 1. The third-order valence-electron chi connectivity index (χ3n) is 3.96. The van der Waals surface area contributed by atoms with Crippen molar-refractivity contribution in [3.05, 3.63) is 11.4 Å². The molecule has 1 atom stereocenters. The standard InChI is InChI=1S/C13H21N3O3/c1-3-5-13(12(17)18)6-4-7-16(9-13)8-11-10(2)14-19-15-11/h3-9H2,1-2H3,(H,17,18). The molecule has 6 nitrogen and oxygen atoms in total. The van der Waals surface area contributed by atoms with Gasteiger partial charge in [-0.15, -0.1) is 0 Å². The van der Waals surface area contributed by atoms with Crippen LogP contribution in [0.3, 0.4) is 0 Å². The van der Waals surface area contributed by atoms with Crippen LogP contribution in [0.4, 0.5) is 0 Å². The summed E-state index contributed by atoms with van der Waals surface area (Å²) < 4.78 is 4.69. The maximum atomic E-state index is 11.6. The Labute approximate surface area is 112 Å². The minimum absolute atomic E-state index is 0.586. The lowest BCUT2D eigenvalue weighted by molar-refractivity contribution is -0.153. The first-order valence-electron chi connectivity index (χ1n) is 6.81. The third-order valence-corrected chi connectivity index (χ3v) is 3.96. The van der Waals surface area contributed by atoms with Gasteiger partial charge in [0.05, 0.1) is 5.41 Å². The largest absolute Gasteiger partial charge is 0.481 e. The summed E-state index contributed by atoms with van der Waals surface area (Å²) in [6, 6.07) is 0. The summed E-state index contributed by atoms with van der Waals surface area (Å²) in [5, 5.41) is 17.2. The van der Waals surface area contributed by atoms with Gasteiger partial charge in [0.15, 0.2) is 0 Å². The van der Waals surface area contributed by atoms with Crippen LogP contribution < -0.4 is 0 Å². The molecule has 6 heteroatoms. The van der Waals surface area contributed by atoms with Gasteiger partial charge in [0, 0.05) is 13.1 Å². The summed E-state index contributed by atoms with van der Waals surface area (Å²) >= 11 is 0. The summed E-state index contributed by atoms with van der Waals surface area (Å²) in [6.07, 6.45) is 3.30. The van der Waals surface area contributed by atoms with E-state index in [1.165, 1.54) is 0 Å². The number of likely N-dealkylation sites (tertiary alicyclic amines) is 1. The van der Waals surface area contributed by atoms with Crippen LogP contribution in [0, 0.1) is 12.3 Å². The van der Waals surface area contributed by atoms with Crippen LogP contribution in [-0.4, -0.2) is 39.4 Å². The van der Waals surface area contributed by atoms with E-state index < -0.39 is 11.4 Å². The topological polar surface area (TPSA) is 79.5 Å². The first-order valence-corrected chi connectivity index (χ1v) is 6.81. The molecule has 2 rings (SSSR count). The van der Waals surface area contributed by atoms with E-state index in [-0.39, 0.29) is 0 Å². The van der Waals surface area contributed by atoms with Gasteiger partial charge < -0.3 is 5.11 Å². The molecule has 1 saturated heterocycles. The molecule has 19 heavy (non-hydrogen) atoms. The number of carboxylic acid groups (broad SMARTS) is 1. The highest BCUT2D eigenvalue weighted by Gasteiger charge is 2.41. The van der Waals surface area contributed by atoms with Gasteiger partial charge in [-0.25, -0.2) is 4.63 Å². The van der Waals surface area contributed by atoms with Crippen LogP contribution in [-0.2, 0) is 11.3 Å². The van der Waals surface area contributed by atoms with Crippen LogP contribution in [0.15, 0.2) is 4.63 Å². The molecule has 0 aromatic carbocycles. The van der Waals surface area contributed by atoms with Gasteiger partial charge in [-0.05, 0) is 32.7 Å². The molecular weight excluding hydrogens is 246 g/mol. The zero-order valence-electron chi connectivity index (χ0n) is 11.6. The van der Waals surface area contributed by atoms with Crippen LogP contribution in [0.25, 0.3) is 0 Å². The van der Waals surface area contributed by atoms with Crippen molar-refractivity contribution < 1.29 is 14.5 Å². The average Bonchev–Trinajstić information content (AvgIpc) is 2.76. The fraction of sp³-hybridized carbons (Fsp3) is 0.769. The van der Waals surface area contributed by atoms with Crippen molar-refractivity contribution in [2.24, 2.45) is 5.41 Å². The molecule has 0 bridgehead atoms. The molecule has 1 fully saturated rings. The molecule has 1 unspecified atom stereocenters. The highest BCUT2D eigenvalue weighted by molar-refractivity contribution is 5.75. The number of nitrogens with zero attached hydrogens (tertiary/aromatic N) is 3. The van der Waals surface area contributed by atoms with Gasteiger partial charge in [-0.1, -0.05) is 23.7 Å². The molecule has 1 aromatic rings. The highest BCUT2D eigenvalue weighted by Crippen LogP contribution is 2.35. The van der Waals surface area contributed by atoms with Gasteiger partial charge >= 0.3 is 5.97 Å². The number of hydrogen-bond donors (Lipinski definition) is 1. The molecule has 0 spiro atoms. The highest BCUT2D eigenvalue weighted by atomic mass is 16.6. The molecule has 0 radical (unpaired) electrons. The van der Waals surface area contributed by atoms with E-state index in [0.717, 1.165) is 43.6 Å². The Morgan fingerprint density at radius 2 is 2.32 bits per heavy atom. The average molecular weight is 267 g/mol. The van der Waals surface area contributed by atoms with E-state index in [0.29, 0.717) is 13.1 Å². The smallest absolute Gasteiger partial charge is 0.310 e. The predicted molar refractivity (Wildman–Crippen MR) is 68.5 cm³/mol. The fourth-order valence-corrected chi connectivity index (χ4v) is 2.93. The van der Waals surface area contributed by atoms with Crippen molar-refractivity contribution in [3.63, 3.8) is 0 Å². The molecule has 1 aromatic heterocycles. The van der Waals surface area contributed by atoms with E-state index in [2.05, 4.69) is 15.2 Å². The van der Waals surface area contributed by atoms with Crippen LogP contribution in [0.2, 0.25) is 0 Å². The Hall–Kier alpha value is -1.43. The van der Waals surface area contributed by atoms with Crippen LogP contribution in [0.5, 0.6) is 0 Å². The molecule has 2 heterocycles. The number of piperidine rings is 1. The van der Waals surface area contributed by atoms with Crippen molar-refractivity contribution in [1.82, 2.24) is 15.2 Å². The van der Waals surface area contributed by atoms with Gasteiger partial charge in [-0.2, -0.15) is 0 Å². The summed E-state index contributed by atoms with van der Waals surface area (Å²) in [5.41, 5.74) is 0.984. The summed E-state index contributed by atoms with van der Waals surface area (Å²) in [7, 11) is 0. The molecule has 1 aliphatic rings. The number of aromatic nitrogens is 2. The van der Waals surface area contributed by atoms with E-state index in [4.69, 9.17) is 4.63 Å². The monoisotopic (exact) mass is 267 g/mol. The number of hydrogen-bond acceptors (Lipinski definition) is 5. The zero-order chi connectivity index (χ0) is 13.9. The zero-order valence-corrected chi connectivity index (χ0v) is 11.6. The van der Waals surface area contributed by atoms with E-state index in [1.807, 2.05) is 13.8 Å². The first-order chi connectivity index (χ1) is 9.07. The second kappa shape index (κ2) is 5.69. The van der Waals surface area contributed by atoms with Crippen molar-refractivity contribution in [2.45, 2.75) is 46.1 Å². The fourth-order valence-electron chi connectivity index (χ4n) is 2.93. The van der Waals surface area contributed by atoms with Gasteiger partial charge in [-0.3, -0.25) is 9.69 Å². The molecular formula is C13H21N3O3. The Morgan fingerprint density at radius 1 is 1.53 bits per heavy atom. The van der Waals surface area contributed by atoms with Crippen molar-refractivity contribution >= 4 is 5.97 Å². The van der Waals surface area contributed by atoms with Crippen molar-refractivity contribution in [3.8, 4) is 0 Å². The number of aliphatic carboxylic acids is 1. The molecule has 1 aliphatic heterocycles. The minimum atomic E-state index is -0.672. The Bertz CT molecular complexity index is 442. The quantitative estimate of drug-likeness (QED) is 0.877. The van der Waals surface area contributed by atoms with E-state index in [9.17, 15) is 9.90 Å². The second-order valence-electron chi connectivity index (χ2n) is 5.45. The Balaban J connectivity index is 2.07. The lowest BCUT2D eigenvalue weighted by atomic mass is 9.76. The molecule has 0 amide bonds. The maximum Gasteiger partial charge on any atom is 0.310 e. The lowest BCUT2D eigenvalue weighted by Gasteiger charge is -2.39. The van der Waals surface area contributed by atoms with Crippen molar-refractivity contribution in [1.29, 1.82) is 0 Å². The van der Waals surface area contributed by atoms with Gasteiger partial charge in [0.25, 0.3) is 0 Å². The number of rotatable bonds is 5. The minimum Gasteiger partial charge on any atom is -0.481 e. The molecule has 1 N–H and O–H groups in total. The molecule has 0 aliphatic carbocycles. The van der Waals surface area contributed by atoms with Gasteiger partial charge in [0.1, 0.15) is 11.4 Å². The molecule has 106 valence electrons. The molecule has 0 saturated carbocycles. The summed E-state index contributed by atoms with van der Waals surface area (Å²) in [4.78, 5) is 13.8. The van der Waals surface area contributed by atoms with Crippen LogP contribution in [0.1, 0.15) is 44.0 Å². The number of carboxylic acids is 1. The third kappa shape index (κ3) is 2.94. The predicted octanol–water partition coefficient (Wildman–Crippen LogP) is 1.84. The van der Waals surface area contributed by atoms with E-state index in [1.54, 1.807) is 0 Å². The summed E-state index contributed by atoms with van der Waals surface area (Å²) in [5.74, 6) is -0.672. The SMILES string of the molecule is CCCC1(C(=O)O)CCCN(Cc2nonc2C)C1. The first kappa shape index (κ1) is 14.0. The Morgan fingerprint density at radius 3 is 2.89 bits per heavy atom. The number of aryl methyl sites for hydroxylation is 1. The van der Waals surface area contributed by atoms with Crippen LogP contribution >= 0.6 is 0 Å². The Kier molecular flexibility index (Phi) is 4.19. The second-order valence-corrected chi connectivity index (χ2v) is 5.45. The van der Waals surface area contributed by atoms with Crippen molar-refractivity contribution in [2.75, 3.05) is 13.1 Å². The normalized spacial score (nSPS) is 24.5. The maximum absolute atomic E-state index is 11.6. The lowest BCUT2D eigenvalue weighted by Crippen LogP contribution is -2.47. The van der Waals surface area contributed by atoms with Gasteiger partial charge in [0.2, 0.25) is 0 Å². The van der Waals surface area contributed by atoms with E-state index >= 15 is 0 Å².